The maximum absolute atomic E-state index is 11.9. The molecule has 0 aliphatic rings. The fourth-order valence-electron chi connectivity index (χ4n) is 1.91. The molecule has 2 amide bonds. The Labute approximate surface area is 130 Å². The summed E-state index contributed by atoms with van der Waals surface area (Å²) in [6, 6.07) is 11.8. The number of carbonyl (C=O) groups excluding carboxylic acids is 1. The number of H-pyrrole nitrogens is 1. The Kier molecular flexibility index (Phi) is 3.68. The molecule has 0 radical (unpaired) electrons. The zero-order valence-electron chi connectivity index (χ0n) is 10.7. The Hall–Kier alpha value is -2.24. The van der Waals surface area contributed by atoms with E-state index < -0.39 is 6.03 Å². The Morgan fingerprint density at radius 1 is 1.05 bits per heavy atom. The van der Waals surface area contributed by atoms with Gasteiger partial charge in [-0.15, -0.1) is 0 Å². The fourth-order valence-corrected chi connectivity index (χ4v) is 2.43. The lowest BCUT2D eigenvalue weighted by Gasteiger charge is -2.06. The van der Waals surface area contributed by atoms with Crippen molar-refractivity contribution in [3.8, 4) is 0 Å². The molecule has 1 heterocycles. The van der Waals surface area contributed by atoms with Gasteiger partial charge in [0.15, 0.2) is 0 Å². The molecule has 3 aromatic rings. The van der Waals surface area contributed by atoms with Crippen molar-refractivity contribution in [2.24, 2.45) is 0 Å². The third-order valence-electron chi connectivity index (χ3n) is 2.74. The number of nitrogens with one attached hydrogen (secondary N) is 3. The molecule has 106 valence electrons. The Bertz CT molecular complexity index is 762. The van der Waals surface area contributed by atoms with Crippen LogP contribution in [0, 0.1) is 0 Å². The van der Waals surface area contributed by atoms with Crippen molar-refractivity contribution in [2.45, 2.75) is 0 Å². The number of rotatable bonds is 2. The highest BCUT2D eigenvalue weighted by Gasteiger charge is 2.07. The average molecular weight is 321 g/mol. The van der Waals surface area contributed by atoms with E-state index in [2.05, 4.69) is 20.6 Å². The summed E-state index contributed by atoms with van der Waals surface area (Å²) in [7, 11) is 0. The van der Waals surface area contributed by atoms with Gasteiger partial charge in [-0.05, 0) is 30.3 Å². The lowest BCUT2D eigenvalue weighted by molar-refractivity contribution is 0.262. The van der Waals surface area contributed by atoms with Crippen molar-refractivity contribution < 1.29 is 4.79 Å². The number of imidazole rings is 1. The van der Waals surface area contributed by atoms with Gasteiger partial charge in [-0.25, -0.2) is 9.78 Å². The van der Waals surface area contributed by atoms with Crippen molar-refractivity contribution in [3.63, 3.8) is 0 Å². The highest BCUT2D eigenvalue weighted by molar-refractivity contribution is 6.35. The molecule has 5 nitrogen and oxygen atoms in total. The van der Waals surface area contributed by atoms with Crippen LogP contribution in [0.4, 0.5) is 16.4 Å². The summed E-state index contributed by atoms with van der Waals surface area (Å²) in [6.07, 6.45) is 0. The molecule has 3 N–H and O–H groups in total. The predicted octanol–water partition coefficient (Wildman–Crippen LogP) is 4.51. The molecule has 3 rings (SSSR count). The summed E-state index contributed by atoms with van der Waals surface area (Å²) >= 11 is 11.7. The second-order valence-corrected chi connectivity index (χ2v) is 5.21. The molecule has 0 aliphatic carbocycles. The van der Waals surface area contributed by atoms with Crippen molar-refractivity contribution in [2.75, 3.05) is 10.6 Å². The number of amides is 2. The molecule has 1 aromatic heterocycles. The third-order valence-corrected chi connectivity index (χ3v) is 3.18. The Morgan fingerprint density at radius 3 is 2.48 bits per heavy atom. The number of carbonyl (C=O) groups is 1. The smallest absolute Gasteiger partial charge is 0.324 e. The molecule has 0 saturated carbocycles. The van der Waals surface area contributed by atoms with E-state index in [1.807, 2.05) is 24.3 Å². The van der Waals surface area contributed by atoms with Crippen molar-refractivity contribution in [1.29, 1.82) is 0 Å². The van der Waals surface area contributed by atoms with E-state index in [-0.39, 0.29) is 0 Å². The quantitative estimate of drug-likeness (QED) is 0.650. The zero-order valence-corrected chi connectivity index (χ0v) is 12.2. The number of halogens is 2. The third kappa shape index (κ3) is 3.26. The van der Waals surface area contributed by atoms with Crippen LogP contribution in [0.2, 0.25) is 10.0 Å². The lowest BCUT2D eigenvalue weighted by Crippen LogP contribution is -2.20. The summed E-state index contributed by atoms with van der Waals surface area (Å²) in [6.45, 7) is 0. The van der Waals surface area contributed by atoms with Crippen LogP contribution < -0.4 is 10.6 Å². The number of hydrogen-bond acceptors (Lipinski definition) is 2. The number of benzene rings is 2. The van der Waals surface area contributed by atoms with Crippen LogP contribution in [0.25, 0.3) is 11.0 Å². The molecule has 0 bridgehead atoms. The van der Waals surface area contributed by atoms with E-state index in [0.717, 1.165) is 11.0 Å². The van der Waals surface area contributed by atoms with Gasteiger partial charge in [0.25, 0.3) is 0 Å². The van der Waals surface area contributed by atoms with Gasteiger partial charge in [0, 0.05) is 15.7 Å². The summed E-state index contributed by atoms with van der Waals surface area (Å²) in [5, 5.41) is 6.15. The first kappa shape index (κ1) is 13.7. The topological polar surface area (TPSA) is 69.8 Å². The molecular weight excluding hydrogens is 311 g/mol. The average Bonchev–Trinajstić information content (AvgIpc) is 2.78. The van der Waals surface area contributed by atoms with Crippen LogP contribution in [-0.4, -0.2) is 16.0 Å². The standard InChI is InChI=1S/C14H10Cl2N4O/c15-8-5-9(16)7-10(6-8)17-14(21)20-13-18-11-3-1-2-4-12(11)19-13/h1-7H,(H3,17,18,19,20,21). The lowest BCUT2D eigenvalue weighted by atomic mass is 10.3. The van der Waals surface area contributed by atoms with Crippen LogP contribution >= 0.6 is 23.2 Å². The minimum absolute atomic E-state index is 0.363. The first-order valence-corrected chi connectivity index (χ1v) is 6.84. The Morgan fingerprint density at radius 2 is 1.76 bits per heavy atom. The van der Waals surface area contributed by atoms with E-state index in [9.17, 15) is 4.79 Å². The number of para-hydroxylation sites is 2. The predicted molar refractivity (Wildman–Crippen MR) is 85.2 cm³/mol. The Balaban J connectivity index is 1.73. The highest BCUT2D eigenvalue weighted by atomic mass is 35.5. The van der Waals surface area contributed by atoms with Gasteiger partial charge in [0.1, 0.15) is 0 Å². The van der Waals surface area contributed by atoms with Gasteiger partial charge in [-0.2, -0.15) is 0 Å². The molecule has 0 atom stereocenters. The van der Waals surface area contributed by atoms with E-state index in [0.29, 0.717) is 21.7 Å². The number of hydrogen-bond donors (Lipinski definition) is 3. The monoisotopic (exact) mass is 320 g/mol. The number of anilines is 2. The maximum Gasteiger partial charge on any atom is 0.326 e. The summed E-state index contributed by atoms with van der Waals surface area (Å²) in [5.74, 6) is 0.363. The first-order valence-electron chi connectivity index (χ1n) is 6.09. The number of aromatic amines is 1. The van der Waals surface area contributed by atoms with Gasteiger partial charge >= 0.3 is 6.03 Å². The molecule has 2 aromatic carbocycles. The van der Waals surface area contributed by atoms with Crippen LogP contribution in [-0.2, 0) is 0 Å². The summed E-state index contributed by atoms with van der Waals surface area (Å²) in [5.41, 5.74) is 2.12. The summed E-state index contributed by atoms with van der Waals surface area (Å²) in [4.78, 5) is 19.2. The fraction of sp³-hybridized carbons (Fsp3) is 0. The van der Waals surface area contributed by atoms with Crippen LogP contribution in [0.5, 0.6) is 0 Å². The first-order chi connectivity index (χ1) is 10.1. The molecule has 0 fully saturated rings. The van der Waals surface area contributed by atoms with Gasteiger partial charge in [0.05, 0.1) is 11.0 Å². The summed E-state index contributed by atoms with van der Waals surface area (Å²) < 4.78 is 0. The van der Waals surface area contributed by atoms with Crippen molar-refractivity contribution in [1.82, 2.24) is 9.97 Å². The molecule has 7 heteroatoms. The molecule has 21 heavy (non-hydrogen) atoms. The molecule has 0 saturated heterocycles. The highest BCUT2D eigenvalue weighted by Crippen LogP contribution is 2.22. The molecular formula is C14H10Cl2N4O. The van der Waals surface area contributed by atoms with Crippen LogP contribution in [0.3, 0.4) is 0 Å². The largest absolute Gasteiger partial charge is 0.326 e. The van der Waals surface area contributed by atoms with E-state index in [1.54, 1.807) is 18.2 Å². The van der Waals surface area contributed by atoms with Gasteiger partial charge in [-0.3, -0.25) is 5.32 Å². The van der Waals surface area contributed by atoms with Gasteiger partial charge < -0.3 is 10.3 Å². The minimum Gasteiger partial charge on any atom is -0.324 e. The number of urea groups is 1. The van der Waals surface area contributed by atoms with Crippen LogP contribution in [0.1, 0.15) is 0 Å². The van der Waals surface area contributed by atoms with E-state index in [4.69, 9.17) is 23.2 Å². The maximum atomic E-state index is 11.9. The molecule has 0 spiro atoms. The van der Waals surface area contributed by atoms with Crippen molar-refractivity contribution >= 4 is 51.9 Å². The SMILES string of the molecule is O=C(Nc1cc(Cl)cc(Cl)c1)Nc1nc2ccccc2[nH]1. The van der Waals surface area contributed by atoms with E-state index in [1.165, 1.54) is 0 Å². The minimum atomic E-state index is -0.438. The van der Waals surface area contributed by atoms with Crippen molar-refractivity contribution in [3.05, 3.63) is 52.5 Å². The molecule has 0 aliphatic heterocycles. The second kappa shape index (κ2) is 5.63. The zero-order chi connectivity index (χ0) is 14.8. The second-order valence-electron chi connectivity index (χ2n) is 4.34. The van der Waals surface area contributed by atoms with E-state index >= 15 is 0 Å². The van der Waals surface area contributed by atoms with Gasteiger partial charge in [-0.1, -0.05) is 35.3 Å². The number of fused-ring (bicyclic) bond motifs is 1. The number of nitrogens with zero attached hydrogens (tertiary/aromatic N) is 1. The van der Waals surface area contributed by atoms with Gasteiger partial charge in [0.2, 0.25) is 5.95 Å². The normalized spacial score (nSPS) is 10.6. The molecule has 0 unspecified atom stereocenters. The van der Waals surface area contributed by atoms with Crippen LogP contribution in [0.15, 0.2) is 42.5 Å². The number of aromatic nitrogens is 2.